The van der Waals surface area contributed by atoms with E-state index in [0.29, 0.717) is 21.9 Å². The Kier molecular flexibility index (Phi) is 8.01. The van der Waals surface area contributed by atoms with Gasteiger partial charge in [0.15, 0.2) is 5.78 Å². The number of hydrogen-bond acceptors (Lipinski definition) is 6. The van der Waals surface area contributed by atoms with Crippen LogP contribution in [-0.2, 0) is 9.84 Å². The molecular weight excluding hydrogens is 582 g/mol. The van der Waals surface area contributed by atoms with Gasteiger partial charge in [-0.3, -0.25) is 4.79 Å². The summed E-state index contributed by atoms with van der Waals surface area (Å²) in [5, 5.41) is -0.160. The zero-order valence-electron chi connectivity index (χ0n) is 24.0. The van der Waals surface area contributed by atoms with Gasteiger partial charge in [0.2, 0.25) is 8.32 Å². The van der Waals surface area contributed by atoms with Crippen LogP contribution in [0.4, 0.5) is 13.2 Å². The Morgan fingerprint density at radius 3 is 1.97 bits per heavy atom. The molecule has 39 heavy (non-hydrogen) atoms. The predicted octanol–water partition coefficient (Wildman–Crippen LogP) is 8.85. The van der Waals surface area contributed by atoms with E-state index in [1.54, 1.807) is 6.07 Å². The summed E-state index contributed by atoms with van der Waals surface area (Å²) in [5.74, 6) is 0.463. The number of benzene rings is 1. The number of rotatable bonds is 6. The van der Waals surface area contributed by atoms with Gasteiger partial charge in [0.1, 0.15) is 11.5 Å². The molecule has 0 saturated carbocycles. The number of ketones is 1. The van der Waals surface area contributed by atoms with Crippen LogP contribution in [0.2, 0.25) is 36.3 Å². The third-order valence-electron chi connectivity index (χ3n) is 7.80. The third kappa shape index (κ3) is 6.23. The molecule has 1 aromatic carbocycles. The van der Waals surface area contributed by atoms with Gasteiger partial charge in [0, 0.05) is 39.4 Å². The summed E-state index contributed by atoms with van der Waals surface area (Å²) in [6, 6.07) is 8.48. The van der Waals surface area contributed by atoms with Crippen LogP contribution < -0.4 is 8.85 Å². The molecule has 12 heteroatoms. The summed E-state index contributed by atoms with van der Waals surface area (Å²) in [5.41, 5.74) is -4.79. The van der Waals surface area contributed by atoms with Crippen molar-refractivity contribution in [1.29, 1.82) is 0 Å². The van der Waals surface area contributed by atoms with Crippen molar-refractivity contribution in [2.75, 3.05) is 0 Å². The van der Waals surface area contributed by atoms with Crippen molar-refractivity contribution < 1.29 is 35.2 Å². The number of carbonyl (C=O) groups excluding carboxylic acids is 1. The number of halogens is 3. The number of carbonyl (C=O) groups is 1. The van der Waals surface area contributed by atoms with E-state index in [4.69, 9.17) is 8.85 Å². The van der Waals surface area contributed by atoms with Gasteiger partial charge in [-0.05, 0) is 54.5 Å². The average molecular weight is 618 g/mol. The summed E-state index contributed by atoms with van der Waals surface area (Å²) in [7, 11) is -10.1. The van der Waals surface area contributed by atoms with Gasteiger partial charge in [-0.1, -0.05) is 41.5 Å². The highest BCUT2D eigenvalue weighted by atomic mass is 32.2. The molecule has 0 atom stereocenters. The van der Waals surface area contributed by atoms with Crippen LogP contribution in [0.1, 0.15) is 63.2 Å². The number of alkyl halides is 3. The van der Waals surface area contributed by atoms with Crippen LogP contribution in [0.25, 0.3) is 16.5 Å². The first-order valence-corrected chi connectivity index (χ1v) is 20.6. The predicted molar refractivity (Wildman–Crippen MR) is 156 cm³/mol. The van der Waals surface area contributed by atoms with Crippen molar-refractivity contribution in [2.45, 2.75) is 89.7 Å². The Balaban J connectivity index is 2.16. The lowest BCUT2D eigenvalue weighted by Crippen LogP contribution is -2.44. The Bertz CT molecular complexity index is 1420. The monoisotopic (exact) mass is 617 g/mol. The third-order valence-corrected chi connectivity index (χ3v) is 19.1. The van der Waals surface area contributed by atoms with Crippen molar-refractivity contribution in [3.8, 4) is 21.9 Å². The number of fused-ring (bicyclic) bond motifs is 1. The maximum Gasteiger partial charge on any atom is 0.501 e. The summed E-state index contributed by atoms with van der Waals surface area (Å²) >= 11 is 1.01. The maximum atomic E-state index is 13.2. The van der Waals surface area contributed by atoms with Crippen molar-refractivity contribution in [1.82, 2.24) is 0 Å². The molecule has 5 nitrogen and oxygen atoms in total. The molecule has 1 radical (unpaired) electrons. The molecule has 0 spiro atoms. The molecule has 215 valence electrons. The maximum absolute atomic E-state index is 13.2. The van der Waals surface area contributed by atoms with Gasteiger partial charge in [-0.2, -0.15) is 13.2 Å². The molecule has 0 bridgehead atoms. The largest absolute Gasteiger partial charge is 0.543 e. The molecule has 1 heterocycles. The van der Waals surface area contributed by atoms with E-state index in [0.717, 1.165) is 17.4 Å². The minimum atomic E-state index is -5.61. The molecule has 1 aliphatic rings. The molecular formula is C27H36F3O5S2Si2. The van der Waals surface area contributed by atoms with Crippen LogP contribution in [0.3, 0.4) is 0 Å². The lowest BCUT2D eigenvalue weighted by atomic mass is 10.0. The fraction of sp³-hybridized carbons (Fsp3) is 0.519. The second kappa shape index (κ2) is 9.88. The summed E-state index contributed by atoms with van der Waals surface area (Å²) in [6.07, 6.45) is 0.0850. The van der Waals surface area contributed by atoms with E-state index >= 15 is 0 Å². The SMILES string of the molecule is CC(C)(C)[Si](C)(C)Oc1ccc(-c2[c]c3c(s2)C=C(S(=O)(=O)C(F)(F)F)CC3=O)c(O[Si](C)(C)C(C)(C)C)c1. The minimum Gasteiger partial charge on any atom is -0.543 e. The highest BCUT2D eigenvalue weighted by Gasteiger charge is 2.49. The molecule has 0 N–H and O–H groups in total. The smallest absolute Gasteiger partial charge is 0.501 e. The number of hydrogen-bond donors (Lipinski definition) is 0. The zero-order chi connectivity index (χ0) is 30.0. The van der Waals surface area contributed by atoms with Gasteiger partial charge >= 0.3 is 5.51 Å². The van der Waals surface area contributed by atoms with Gasteiger partial charge in [-0.25, -0.2) is 8.42 Å². The van der Waals surface area contributed by atoms with Gasteiger partial charge in [-0.15, -0.1) is 11.3 Å². The number of Topliss-reactive ketones (excluding diaryl/α,β-unsaturated/α-hetero) is 1. The molecule has 0 saturated heterocycles. The second-order valence-corrected chi connectivity index (χ2v) is 25.3. The number of allylic oxidation sites excluding steroid dienone is 1. The quantitative estimate of drug-likeness (QED) is 0.303. The normalized spacial score (nSPS) is 15.6. The first-order valence-electron chi connectivity index (χ1n) is 12.5. The highest BCUT2D eigenvalue weighted by molar-refractivity contribution is 7.96. The lowest BCUT2D eigenvalue weighted by molar-refractivity contribution is -0.0426. The zero-order valence-corrected chi connectivity index (χ0v) is 27.6. The Morgan fingerprint density at radius 1 is 0.923 bits per heavy atom. The van der Waals surface area contributed by atoms with Crippen LogP contribution in [0, 0.1) is 6.07 Å². The Morgan fingerprint density at radius 2 is 1.46 bits per heavy atom. The fourth-order valence-electron chi connectivity index (χ4n) is 3.27. The lowest BCUT2D eigenvalue weighted by Gasteiger charge is -2.38. The van der Waals surface area contributed by atoms with Gasteiger partial charge in [0.25, 0.3) is 18.2 Å². The standard InChI is InChI=1S/C27H36F3O5S2Si2/c1-25(2,3)38(7,8)34-17-11-12-19(22(13-17)35-39(9,10)26(4,5)6)24-16-20-21(31)14-18(15-23(20)36-24)37(32,33)27(28,29)30/h11-13,15H,14H2,1-10H3. The van der Waals surface area contributed by atoms with E-state index in [-0.39, 0.29) is 20.5 Å². The molecule has 3 rings (SSSR count). The van der Waals surface area contributed by atoms with Crippen molar-refractivity contribution in [3.05, 3.63) is 39.6 Å². The van der Waals surface area contributed by atoms with Crippen LogP contribution in [-0.4, -0.2) is 36.3 Å². The van der Waals surface area contributed by atoms with Gasteiger partial charge < -0.3 is 8.85 Å². The fourth-order valence-corrected chi connectivity index (χ4v) is 7.40. The summed E-state index contributed by atoms with van der Waals surface area (Å²) in [6.45, 7) is 21.2. The van der Waals surface area contributed by atoms with E-state index < -0.39 is 49.1 Å². The molecule has 1 aliphatic carbocycles. The van der Waals surface area contributed by atoms with E-state index in [9.17, 15) is 26.4 Å². The van der Waals surface area contributed by atoms with E-state index in [1.807, 2.05) is 12.1 Å². The van der Waals surface area contributed by atoms with Crippen LogP contribution >= 0.6 is 11.3 Å². The van der Waals surface area contributed by atoms with Crippen LogP contribution in [0.15, 0.2) is 23.1 Å². The van der Waals surface area contributed by atoms with Crippen LogP contribution in [0.5, 0.6) is 11.5 Å². The van der Waals surface area contributed by atoms with E-state index in [1.165, 1.54) is 0 Å². The molecule has 1 aromatic heterocycles. The van der Waals surface area contributed by atoms with E-state index in [2.05, 4.69) is 73.8 Å². The molecule has 0 unspecified atom stereocenters. The van der Waals surface area contributed by atoms with Crippen molar-refractivity contribution in [3.63, 3.8) is 0 Å². The van der Waals surface area contributed by atoms with Gasteiger partial charge in [0.05, 0.1) is 4.91 Å². The summed E-state index contributed by atoms with van der Waals surface area (Å²) < 4.78 is 76.7. The Labute approximate surface area is 235 Å². The average Bonchev–Trinajstić information content (AvgIpc) is 3.15. The Hall–Kier alpha value is -1.90. The topological polar surface area (TPSA) is 69.7 Å². The molecule has 2 aromatic rings. The number of thiophene rings is 1. The van der Waals surface area contributed by atoms with Crippen molar-refractivity contribution in [2.24, 2.45) is 0 Å². The molecule has 0 amide bonds. The first kappa shape index (κ1) is 31.6. The van der Waals surface area contributed by atoms with Crippen molar-refractivity contribution >= 4 is 49.7 Å². The highest BCUT2D eigenvalue weighted by Crippen LogP contribution is 2.47. The first-order chi connectivity index (χ1) is 17.4. The number of sulfone groups is 1. The minimum absolute atomic E-state index is 0.0339. The second-order valence-electron chi connectivity index (χ2n) is 12.8. The summed E-state index contributed by atoms with van der Waals surface area (Å²) in [4.78, 5) is 12.4. The molecule has 0 aliphatic heterocycles. The molecule has 0 fully saturated rings.